The summed E-state index contributed by atoms with van der Waals surface area (Å²) >= 11 is 0. The molecule has 0 aliphatic rings. The first-order valence-corrected chi connectivity index (χ1v) is 6.84. The summed E-state index contributed by atoms with van der Waals surface area (Å²) in [5.41, 5.74) is 0. The molecule has 0 saturated carbocycles. The molecule has 0 aromatic rings. The number of urea groups is 1. The zero-order valence-electron chi connectivity index (χ0n) is 12.4. The minimum atomic E-state index is -0.836. The highest BCUT2D eigenvalue weighted by molar-refractivity contribution is 5.78. The lowest BCUT2D eigenvalue weighted by molar-refractivity contribution is -0.137. The minimum absolute atomic E-state index is 0.0893. The van der Waals surface area contributed by atoms with Crippen molar-refractivity contribution in [3.05, 3.63) is 0 Å². The Balaban J connectivity index is 3.63. The fraction of sp³-hybridized carbons (Fsp3) is 0.769. The van der Waals surface area contributed by atoms with Crippen LogP contribution in [0.25, 0.3) is 0 Å². The summed E-state index contributed by atoms with van der Waals surface area (Å²) in [4.78, 5) is 33.1. The number of aliphatic carboxylic acids is 1. The standard InChI is InChI=1S/C13H25N3O4/c1-9(2)16-11(17)6-7-14-13(20)15-8-10(3)4-5-12(18)19/h9-10H,4-8H2,1-3H3,(H,16,17)(H,18,19)(H2,14,15,20). The van der Waals surface area contributed by atoms with Gasteiger partial charge in [-0.3, -0.25) is 9.59 Å². The van der Waals surface area contributed by atoms with Crippen LogP contribution in [0.15, 0.2) is 0 Å². The topological polar surface area (TPSA) is 108 Å². The highest BCUT2D eigenvalue weighted by Gasteiger charge is 2.08. The van der Waals surface area contributed by atoms with E-state index in [1.165, 1.54) is 0 Å². The van der Waals surface area contributed by atoms with Gasteiger partial charge in [0.15, 0.2) is 0 Å². The number of nitrogens with one attached hydrogen (secondary N) is 3. The van der Waals surface area contributed by atoms with E-state index in [1.807, 2.05) is 20.8 Å². The zero-order valence-corrected chi connectivity index (χ0v) is 12.4. The van der Waals surface area contributed by atoms with Gasteiger partial charge < -0.3 is 21.1 Å². The summed E-state index contributed by atoms with van der Waals surface area (Å²) in [6.07, 6.45) is 0.854. The third-order valence-electron chi connectivity index (χ3n) is 2.55. The number of carboxylic acid groups (broad SMARTS) is 1. The predicted molar refractivity (Wildman–Crippen MR) is 75.3 cm³/mol. The van der Waals surface area contributed by atoms with Crippen molar-refractivity contribution in [2.24, 2.45) is 5.92 Å². The number of hydrogen-bond acceptors (Lipinski definition) is 3. The van der Waals surface area contributed by atoms with Gasteiger partial charge >= 0.3 is 12.0 Å². The van der Waals surface area contributed by atoms with Crippen molar-refractivity contribution in [1.29, 1.82) is 0 Å². The second-order valence-corrected chi connectivity index (χ2v) is 5.15. The Labute approximate surface area is 119 Å². The fourth-order valence-corrected chi connectivity index (χ4v) is 1.49. The van der Waals surface area contributed by atoms with Crippen molar-refractivity contribution in [3.63, 3.8) is 0 Å². The summed E-state index contributed by atoms with van der Waals surface area (Å²) in [6, 6.07) is -0.254. The van der Waals surface area contributed by atoms with Gasteiger partial charge in [-0.05, 0) is 26.2 Å². The normalized spacial score (nSPS) is 11.8. The molecule has 1 unspecified atom stereocenters. The lowest BCUT2D eigenvalue weighted by Crippen LogP contribution is -2.40. The lowest BCUT2D eigenvalue weighted by atomic mass is 10.1. The Hall–Kier alpha value is -1.79. The molecule has 4 N–H and O–H groups in total. The quantitative estimate of drug-likeness (QED) is 0.500. The number of rotatable bonds is 9. The summed E-state index contributed by atoms with van der Waals surface area (Å²) < 4.78 is 0. The van der Waals surface area contributed by atoms with E-state index in [0.717, 1.165) is 0 Å². The molecule has 0 aromatic heterocycles. The zero-order chi connectivity index (χ0) is 15.5. The van der Waals surface area contributed by atoms with Crippen LogP contribution in [0.2, 0.25) is 0 Å². The summed E-state index contributed by atoms with van der Waals surface area (Å²) in [7, 11) is 0. The number of carboxylic acids is 1. The van der Waals surface area contributed by atoms with Crippen LogP contribution in [0.3, 0.4) is 0 Å². The molecule has 0 rings (SSSR count). The molecule has 0 fully saturated rings. The van der Waals surface area contributed by atoms with Gasteiger partial charge in [0, 0.05) is 32.0 Å². The van der Waals surface area contributed by atoms with Crippen LogP contribution in [0.4, 0.5) is 4.79 Å². The highest BCUT2D eigenvalue weighted by Crippen LogP contribution is 2.03. The monoisotopic (exact) mass is 287 g/mol. The van der Waals surface area contributed by atoms with Gasteiger partial charge in [-0.15, -0.1) is 0 Å². The fourth-order valence-electron chi connectivity index (χ4n) is 1.49. The summed E-state index contributed by atoms with van der Waals surface area (Å²) in [5, 5.41) is 16.5. The second kappa shape index (κ2) is 10.1. The van der Waals surface area contributed by atoms with Crippen LogP contribution in [0, 0.1) is 5.92 Å². The van der Waals surface area contributed by atoms with E-state index in [4.69, 9.17) is 5.11 Å². The van der Waals surface area contributed by atoms with Gasteiger partial charge in [0.25, 0.3) is 0 Å². The first-order valence-electron chi connectivity index (χ1n) is 6.84. The first kappa shape index (κ1) is 18.2. The molecule has 0 radical (unpaired) electrons. The molecule has 1 atom stereocenters. The third-order valence-corrected chi connectivity index (χ3v) is 2.55. The predicted octanol–water partition coefficient (Wildman–Crippen LogP) is 0.701. The molecule has 0 saturated heterocycles. The van der Waals surface area contributed by atoms with Gasteiger partial charge in [0.1, 0.15) is 0 Å². The van der Waals surface area contributed by atoms with Crippen LogP contribution < -0.4 is 16.0 Å². The van der Waals surface area contributed by atoms with E-state index in [1.54, 1.807) is 0 Å². The Morgan fingerprint density at radius 2 is 1.70 bits per heavy atom. The molecule has 20 heavy (non-hydrogen) atoms. The molecule has 0 aliphatic heterocycles. The molecular formula is C13H25N3O4. The van der Waals surface area contributed by atoms with Gasteiger partial charge in [-0.25, -0.2) is 4.79 Å². The van der Waals surface area contributed by atoms with Crippen molar-refractivity contribution in [1.82, 2.24) is 16.0 Å². The van der Waals surface area contributed by atoms with E-state index in [0.29, 0.717) is 13.0 Å². The lowest BCUT2D eigenvalue weighted by Gasteiger charge is -2.12. The molecule has 0 aromatic carbocycles. The van der Waals surface area contributed by atoms with Crippen LogP contribution in [0.5, 0.6) is 0 Å². The maximum Gasteiger partial charge on any atom is 0.314 e. The number of carbonyl (C=O) groups is 3. The van der Waals surface area contributed by atoms with Crippen LogP contribution in [-0.2, 0) is 9.59 Å². The SMILES string of the molecule is CC(CCC(=O)O)CNC(=O)NCCC(=O)NC(C)C. The van der Waals surface area contributed by atoms with Gasteiger partial charge in [-0.2, -0.15) is 0 Å². The summed E-state index contributed by atoms with van der Waals surface area (Å²) in [6.45, 7) is 6.30. The maximum absolute atomic E-state index is 11.4. The first-order chi connectivity index (χ1) is 9.31. The average molecular weight is 287 g/mol. The van der Waals surface area contributed by atoms with Crippen molar-refractivity contribution in [2.75, 3.05) is 13.1 Å². The van der Waals surface area contributed by atoms with Crippen molar-refractivity contribution >= 4 is 17.9 Å². The molecule has 7 heteroatoms. The summed E-state index contributed by atoms with van der Waals surface area (Å²) in [5.74, 6) is -0.839. The van der Waals surface area contributed by atoms with E-state index in [2.05, 4.69) is 16.0 Å². The molecule has 7 nitrogen and oxygen atoms in total. The van der Waals surface area contributed by atoms with Crippen molar-refractivity contribution in [2.45, 2.75) is 46.1 Å². The number of hydrogen-bond donors (Lipinski definition) is 4. The Kier molecular flexibility index (Phi) is 9.15. The van der Waals surface area contributed by atoms with Gasteiger partial charge in [0.2, 0.25) is 5.91 Å². The van der Waals surface area contributed by atoms with E-state index in [9.17, 15) is 14.4 Å². The Morgan fingerprint density at radius 1 is 1.05 bits per heavy atom. The largest absolute Gasteiger partial charge is 0.481 e. The molecule has 0 bridgehead atoms. The average Bonchev–Trinajstić information content (AvgIpc) is 2.32. The van der Waals surface area contributed by atoms with Crippen LogP contribution in [0.1, 0.15) is 40.0 Å². The molecule has 116 valence electrons. The molecule has 0 spiro atoms. The maximum atomic E-state index is 11.4. The second-order valence-electron chi connectivity index (χ2n) is 5.15. The van der Waals surface area contributed by atoms with Gasteiger partial charge in [0.05, 0.1) is 0 Å². The van der Waals surface area contributed by atoms with Crippen LogP contribution >= 0.6 is 0 Å². The Morgan fingerprint density at radius 3 is 2.25 bits per heavy atom. The number of amides is 3. The van der Waals surface area contributed by atoms with E-state index >= 15 is 0 Å². The van der Waals surface area contributed by atoms with E-state index in [-0.39, 0.29) is 43.3 Å². The van der Waals surface area contributed by atoms with Gasteiger partial charge in [-0.1, -0.05) is 6.92 Å². The number of carbonyl (C=O) groups excluding carboxylic acids is 2. The Bertz CT molecular complexity index is 332. The minimum Gasteiger partial charge on any atom is -0.481 e. The third kappa shape index (κ3) is 11.3. The molecule has 0 heterocycles. The van der Waals surface area contributed by atoms with E-state index < -0.39 is 5.97 Å². The molecule has 3 amide bonds. The smallest absolute Gasteiger partial charge is 0.314 e. The van der Waals surface area contributed by atoms with Crippen molar-refractivity contribution in [3.8, 4) is 0 Å². The van der Waals surface area contributed by atoms with Crippen LogP contribution in [-0.4, -0.2) is 42.1 Å². The van der Waals surface area contributed by atoms with Crippen molar-refractivity contribution < 1.29 is 19.5 Å². The highest BCUT2D eigenvalue weighted by atomic mass is 16.4. The molecular weight excluding hydrogens is 262 g/mol. The molecule has 0 aliphatic carbocycles.